The number of rotatable bonds is 12. The first-order valence-electron chi connectivity index (χ1n) is 12.8. The second-order valence-corrected chi connectivity index (χ2v) is 11.4. The standard InChI is InChI=1S/C23H32N3O8P.C3H8O2/c1-15(2)32-22(27)16(3)26-35(28,34-17-9-7-6-8-10-17)31-14-18-11-12-20(33-18)19-13-24-23(30-5)25-21(19)29-4;1-3(2,4)5/h6-10,13,15-16,18,20H,11-12,14H2,1-5H3,(H,26,28);4-5H,1-2H3/t16-,18?,20?,35-;/m0./s1. The van der Waals surface area contributed by atoms with Crippen LogP contribution in [0.25, 0.3) is 0 Å². The van der Waals surface area contributed by atoms with Gasteiger partial charge in [-0.1, -0.05) is 18.2 Å². The summed E-state index contributed by atoms with van der Waals surface area (Å²) in [6.45, 7) is 7.57. The fourth-order valence-electron chi connectivity index (χ4n) is 3.42. The second kappa shape index (κ2) is 15.3. The molecule has 0 aliphatic carbocycles. The zero-order chi connectivity index (χ0) is 29.9. The molecule has 2 aromatic rings. The Kier molecular flexibility index (Phi) is 12.8. The third-order valence-corrected chi connectivity index (χ3v) is 6.69. The maximum Gasteiger partial charge on any atom is 0.459 e. The Labute approximate surface area is 234 Å². The topological polar surface area (TPSA) is 168 Å². The average molecular weight is 586 g/mol. The van der Waals surface area contributed by atoms with E-state index < -0.39 is 25.5 Å². The molecule has 1 aliphatic rings. The van der Waals surface area contributed by atoms with Crippen LogP contribution in [0.5, 0.6) is 17.6 Å². The predicted octanol–water partition coefficient (Wildman–Crippen LogP) is 3.55. The zero-order valence-electron chi connectivity index (χ0n) is 23.9. The quantitative estimate of drug-likeness (QED) is 0.188. The van der Waals surface area contributed by atoms with Gasteiger partial charge in [-0.15, -0.1) is 0 Å². The van der Waals surface area contributed by atoms with Crippen LogP contribution in [0.2, 0.25) is 0 Å². The van der Waals surface area contributed by atoms with E-state index in [1.165, 1.54) is 35.0 Å². The first-order valence-corrected chi connectivity index (χ1v) is 14.3. The van der Waals surface area contributed by atoms with E-state index >= 15 is 0 Å². The molecule has 0 amide bonds. The van der Waals surface area contributed by atoms with Crippen LogP contribution in [0.15, 0.2) is 36.5 Å². The van der Waals surface area contributed by atoms with Gasteiger partial charge in [0.2, 0.25) is 5.88 Å². The molecule has 40 heavy (non-hydrogen) atoms. The molecular formula is C26H40N3O10P. The molecule has 14 heteroatoms. The highest BCUT2D eigenvalue weighted by Crippen LogP contribution is 2.46. The number of carbonyl (C=O) groups excluding carboxylic acids is 1. The van der Waals surface area contributed by atoms with E-state index in [1.807, 2.05) is 0 Å². The van der Waals surface area contributed by atoms with Crippen LogP contribution in [0, 0.1) is 0 Å². The molecule has 0 saturated carbocycles. The third-order valence-electron chi connectivity index (χ3n) is 5.04. The number of aliphatic hydroxyl groups is 2. The van der Waals surface area contributed by atoms with Gasteiger partial charge < -0.3 is 33.7 Å². The summed E-state index contributed by atoms with van der Waals surface area (Å²) in [6, 6.07) is 7.84. The lowest BCUT2D eigenvalue weighted by Crippen LogP contribution is -2.36. The average Bonchev–Trinajstić information content (AvgIpc) is 3.35. The molecule has 4 atom stereocenters. The first-order chi connectivity index (χ1) is 18.7. The van der Waals surface area contributed by atoms with Crippen molar-refractivity contribution in [1.29, 1.82) is 0 Å². The fourth-order valence-corrected chi connectivity index (χ4v) is 4.94. The van der Waals surface area contributed by atoms with E-state index in [1.54, 1.807) is 50.4 Å². The molecule has 2 heterocycles. The maximum absolute atomic E-state index is 13.6. The maximum atomic E-state index is 13.6. The van der Waals surface area contributed by atoms with Gasteiger partial charge >= 0.3 is 19.7 Å². The lowest BCUT2D eigenvalue weighted by atomic mass is 10.1. The molecule has 224 valence electrons. The van der Waals surface area contributed by atoms with Crippen molar-refractivity contribution in [2.24, 2.45) is 0 Å². The van der Waals surface area contributed by atoms with Crippen molar-refractivity contribution >= 4 is 13.7 Å². The van der Waals surface area contributed by atoms with E-state index in [4.69, 9.17) is 38.2 Å². The molecule has 0 radical (unpaired) electrons. The highest BCUT2D eigenvalue weighted by atomic mass is 31.2. The summed E-state index contributed by atoms with van der Waals surface area (Å²) in [5.74, 6) is -1.37. The molecule has 0 spiro atoms. The van der Waals surface area contributed by atoms with E-state index in [0.717, 1.165) is 0 Å². The first kappa shape index (κ1) is 33.4. The number of hydrogen-bond donors (Lipinski definition) is 3. The number of benzene rings is 1. The summed E-state index contributed by atoms with van der Waals surface area (Å²) in [5, 5.41) is 18.8. The van der Waals surface area contributed by atoms with Crippen LogP contribution < -0.4 is 19.1 Å². The number of carbonyl (C=O) groups is 1. The van der Waals surface area contributed by atoms with Gasteiger partial charge in [0.1, 0.15) is 11.8 Å². The number of nitrogens with one attached hydrogen (secondary N) is 1. The number of esters is 1. The van der Waals surface area contributed by atoms with Crippen LogP contribution in [-0.2, 0) is 23.4 Å². The Morgan fingerprint density at radius 3 is 2.38 bits per heavy atom. The van der Waals surface area contributed by atoms with Crippen LogP contribution >= 0.6 is 7.75 Å². The van der Waals surface area contributed by atoms with Gasteiger partial charge in [0.15, 0.2) is 5.79 Å². The minimum atomic E-state index is -3.96. The van der Waals surface area contributed by atoms with Gasteiger partial charge in [0, 0.05) is 6.20 Å². The molecule has 0 bridgehead atoms. The van der Waals surface area contributed by atoms with E-state index in [0.29, 0.717) is 30.0 Å². The minimum Gasteiger partial charge on any atom is -0.481 e. The summed E-state index contributed by atoms with van der Waals surface area (Å²) in [7, 11) is -0.979. The Balaban J connectivity index is 0.00000103. The Bertz CT molecular complexity index is 1110. The highest BCUT2D eigenvalue weighted by Gasteiger charge is 2.36. The van der Waals surface area contributed by atoms with Gasteiger partial charge in [-0.3, -0.25) is 9.32 Å². The van der Waals surface area contributed by atoms with Crippen molar-refractivity contribution in [2.75, 3.05) is 20.8 Å². The van der Waals surface area contributed by atoms with E-state index in [2.05, 4.69) is 15.1 Å². The number of hydrogen-bond acceptors (Lipinski definition) is 12. The SMILES string of the molecule is CC(C)(O)O.COc1ncc(C2CCC(CO[P@@](=O)(N[C@@H](C)C(=O)OC(C)C)Oc3ccccc3)O2)c(OC)n1. The Morgan fingerprint density at radius 2 is 1.80 bits per heavy atom. The summed E-state index contributed by atoms with van der Waals surface area (Å²) in [6.07, 6.45) is 1.88. The zero-order valence-corrected chi connectivity index (χ0v) is 24.8. The molecule has 13 nitrogen and oxygen atoms in total. The van der Waals surface area contributed by atoms with Crippen molar-refractivity contribution in [2.45, 2.75) is 77.6 Å². The third kappa shape index (κ3) is 11.7. The van der Waals surface area contributed by atoms with Crippen LogP contribution in [0.4, 0.5) is 0 Å². The second-order valence-electron chi connectivity index (χ2n) is 9.67. The van der Waals surface area contributed by atoms with Gasteiger partial charge in [-0.05, 0) is 59.6 Å². The molecule has 1 aromatic carbocycles. The number of methoxy groups -OCH3 is 2. The van der Waals surface area contributed by atoms with Gasteiger partial charge in [0.05, 0.1) is 44.7 Å². The summed E-state index contributed by atoms with van der Waals surface area (Å²) >= 11 is 0. The summed E-state index contributed by atoms with van der Waals surface area (Å²) < 4.78 is 46.7. The molecule has 2 unspecified atom stereocenters. The molecule has 1 fully saturated rings. The number of para-hydroxylation sites is 1. The van der Waals surface area contributed by atoms with Crippen molar-refractivity contribution in [3.05, 3.63) is 42.1 Å². The minimum absolute atomic E-state index is 0.0289. The Morgan fingerprint density at radius 1 is 1.15 bits per heavy atom. The summed E-state index contributed by atoms with van der Waals surface area (Å²) in [5.41, 5.74) is 0.683. The monoisotopic (exact) mass is 585 g/mol. The van der Waals surface area contributed by atoms with Gasteiger partial charge in [-0.2, -0.15) is 10.1 Å². The molecule has 3 N–H and O–H groups in total. The molecule has 1 saturated heterocycles. The summed E-state index contributed by atoms with van der Waals surface area (Å²) in [4.78, 5) is 20.6. The number of nitrogens with zero attached hydrogens (tertiary/aromatic N) is 2. The normalized spacial score (nSPS) is 19.1. The Hall–Kier alpha value is -2.80. The van der Waals surface area contributed by atoms with Crippen molar-refractivity contribution in [1.82, 2.24) is 15.1 Å². The van der Waals surface area contributed by atoms with Crippen molar-refractivity contribution in [3.8, 4) is 17.6 Å². The lowest BCUT2D eigenvalue weighted by Gasteiger charge is -2.24. The largest absolute Gasteiger partial charge is 0.481 e. The number of ether oxygens (including phenoxy) is 4. The van der Waals surface area contributed by atoms with E-state index in [-0.39, 0.29) is 30.9 Å². The fraction of sp³-hybridized carbons (Fsp3) is 0.577. The highest BCUT2D eigenvalue weighted by molar-refractivity contribution is 7.52. The van der Waals surface area contributed by atoms with Crippen LogP contribution in [0.3, 0.4) is 0 Å². The lowest BCUT2D eigenvalue weighted by molar-refractivity contribution is -0.149. The van der Waals surface area contributed by atoms with Crippen LogP contribution in [-0.4, -0.2) is 71.0 Å². The van der Waals surface area contributed by atoms with Crippen LogP contribution in [0.1, 0.15) is 59.1 Å². The van der Waals surface area contributed by atoms with E-state index in [9.17, 15) is 9.36 Å². The smallest absolute Gasteiger partial charge is 0.459 e. The number of aromatic nitrogens is 2. The molecule has 3 rings (SSSR count). The molecular weight excluding hydrogens is 545 g/mol. The molecule has 1 aliphatic heterocycles. The van der Waals surface area contributed by atoms with Gasteiger partial charge in [-0.25, -0.2) is 9.55 Å². The van der Waals surface area contributed by atoms with Crippen molar-refractivity contribution in [3.63, 3.8) is 0 Å². The van der Waals surface area contributed by atoms with Crippen molar-refractivity contribution < 1.29 is 47.6 Å². The molecule has 1 aromatic heterocycles. The van der Waals surface area contributed by atoms with Gasteiger partial charge in [0.25, 0.3) is 0 Å². The predicted molar refractivity (Wildman–Crippen MR) is 145 cm³/mol.